The summed E-state index contributed by atoms with van der Waals surface area (Å²) in [4.78, 5) is 2.31. The van der Waals surface area contributed by atoms with E-state index in [2.05, 4.69) is 9.93 Å². The summed E-state index contributed by atoms with van der Waals surface area (Å²) < 4.78 is 29.3. The van der Waals surface area contributed by atoms with Crippen LogP contribution in [0.5, 0.6) is 5.75 Å². The number of halogens is 1. The largest absolute Gasteiger partial charge is 0.496 e. The lowest BCUT2D eigenvalue weighted by atomic mass is 10.2. The summed E-state index contributed by atoms with van der Waals surface area (Å²) in [6, 6.07) is 11.7. The predicted molar refractivity (Wildman–Crippen MR) is 97.0 cm³/mol. The molecule has 0 bridgehead atoms. The van der Waals surface area contributed by atoms with Crippen LogP contribution in [-0.4, -0.2) is 21.7 Å². The second kappa shape index (κ2) is 7.99. The van der Waals surface area contributed by atoms with Crippen LogP contribution < -0.4 is 9.57 Å². The number of nitrogens with one attached hydrogen (secondary N) is 1. The fourth-order valence-electron chi connectivity index (χ4n) is 1.90. The Hall–Kier alpha value is -2.31. The molecule has 0 aliphatic rings. The number of hydrogen-bond donors (Lipinski definition) is 1. The molecule has 0 radical (unpaired) electrons. The molecule has 0 spiro atoms. The quantitative estimate of drug-likeness (QED) is 0.628. The molecule has 2 aromatic carbocycles. The highest BCUT2D eigenvalue weighted by molar-refractivity contribution is 7.89. The van der Waals surface area contributed by atoms with Crippen molar-refractivity contribution in [3.8, 4) is 5.75 Å². The minimum atomic E-state index is -3.67. The van der Waals surface area contributed by atoms with E-state index in [9.17, 15) is 8.42 Å². The van der Waals surface area contributed by atoms with Crippen molar-refractivity contribution in [2.75, 3.05) is 7.11 Å². The third-order valence-corrected chi connectivity index (χ3v) is 4.61. The standard InChI is InChI=1S/C17H17ClN2O3S/c1-13-5-8-16(9-6-13)24(21,22)20-19-11-3-4-14-12-15(18)7-10-17(14)23-2/h3-12,20H,1-2H3/b4-3-,19-11+. The summed E-state index contributed by atoms with van der Waals surface area (Å²) >= 11 is 5.94. The Morgan fingerprint density at radius 2 is 1.88 bits per heavy atom. The third-order valence-electron chi connectivity index (χ3n) is 3.13. The van der Waals surface area contributed by atoms with Crippen LogP contribution >= 0.6 is 11.6 Å². The lowest BCUT2D eigenvalue weighted by Gasteiger charge is -2.04. The molecule has 0 fully saturated rings. The summed E-state index contributed by atoms with van der Waals surface area (Å²) in [6.45, 7) is 1.89. The first-order valence-corrected chi connectivity index (χ1v) is 8.90. The Labute approximate surface area is 146 Å². The van der Waals surface area contributed by atoms with Gasteiger partial charge in [-0.25, -0.2) is 4.83 Å². The Kier molecular flexibility index (Phi) is 6.00. The van der Waals surface area contributed by atoms with Crippen LogP contribution in [0.4, 0.5) is 0 Å². The molecule has 2 aromatic rings. The van der Waals surface area contributed by atoms with Crippen molar-refractivity contribution >= 4 is 33.9 Å². The minimum absolute atomic E-state index is 0.158. The predicted octanol–water partition coefficient (Wildman–Crippen LogP) is 3.63. The maximum absolute atomic E-state index is 12.0. The summed E-state index contributed by atoms with van der Waals surface area (Å²) in [7, 11) is -2.11. The lowest BCUT2D eigenvalue weighted by molar-refractivity contribution is 0.414. The number of aryl methyl sites for hydroxylation is 1. The van der Waals surface area contributed by atoms with Gasteiger partial charge in [0.2, 0.25) is 0 Å². The Bertz CT molecular complexity index is 860. The Balaban J connectivity index is 2.04. The van der Waals surface area contributed by atoms with Gasteiger partial charge in [-0.2, -0.15) is 13.5 Å². The van der Waals surface area contributed by atoms with Gasteiger partial charge in [-0.15, -0.1) is 0 Å². The van der Waals surface area contributed by atoms with Gasteiger partial charge in [0.15, 0.2) is 0 Å². The number of sulfonamides is 1. The van der Waals surface area contributed by atoms with Crippen molar-refractivity contribution in [3.05, 3.63) is 64.7 Å². The van der Waals surface area contributed by atoms with Gasteiger partial charge in [-0.05, 0) is 49.4 Å². The van der Waals surface area contributed by atoms with Gasteiger partial charge in [0.05, 0.1) is 12.0 Å². The van der Waals surface area contributed by atoms with Crippen LogP contribution in [0.1, 0.15) is 11.1 Å². The molecule has 1 N–H and O–H groups in total. The van der Waals surface area contributed by atoms with E-state index in [1.165, 1.54) is 18.3 Å². The zero-order valence-electron chi connectivity index (χ0n) is 13.2. The zero-order chi connectivity index (χ0) is 17.6. The fraction of sp³-hybridized carbons (Fsp3) is 0.118. The SMILES string of the molecule is COc1ccc(Cl)cc1/C=C\C=N\NS(=O)(=O)c1ccc(C)cc1. The number of hydrazone groups is 1. The summed E-state index contributed by atoms with van der Waals surface area (Å²) in [5.74, 6) is 0.657. The molecule has 0 unspecified atom stereocenters. The molecule has 0 saturated heterocycles. The monoisotopic (exact) mass is 364 g/mol. The topological polar surface area (TPSA) is 67.8 Å². The molecule has 0 aliphatic heterocycles. The van der Waals surface area contributed by atoms with Crippen LogP contribution in [0.25, 0.3) is 6.08 Å². The van der Waals surface area contributed by atoms with Crippen LogP contribution in [0, 0.1) is 6.92 Å². The second-order valence-corrected chi connectivity index (χ2v) is 7.03. The minimum Gasteiger partial charge on any atom is -0.496 e. The maximum atomic E-state index is 12.0. The zero-order valence-corrected chi connectivity index (χ0v) is 14.8. The summed E-state index contributed by atoms with van der Waals surface area (Å²) in [6.07, 6.45) is 4.65. The molecule has 5 nitrogen and oxygen atoms in total. The summed E-state index contributed by atoms with van der Waals surface area (Å²) in [5.41, 5.74) is 1.74. The van der Waals surface area contributed by atoms with E-state index in [-0.39, 0.29) is 4.90 Å². The van der Waals surface area contributed by atoms with Crippen LogP contribution in [-0.2, 0) is 10.0 Å². The molecule has 0 aromatic heterocycles. The average Bonchev–Trinajstić information content (AvgIpc) is 2.55. The molecule has 0 heterocycles. The van der Waals surface area contributed by atoms with Gasteiger partial charge in [-0.3, -0.25) is 0 Å². The third kappa shape index (κ3) is 4.84. The Morgan fingerprint density at radius 3 is 2.54 bits per heavy atom. The molecule has 2 rings (SSSR count). The highest BCUT2D eigenvalue weighted by Crippen LogP contribution is 2.23. The van der Waals surface area contributed by atoms with Gasteiger partial charge < -0.3 is 4.74 Å². The van der Waals surface area contributed by atoms with Gasteiger partial charge in [-0.1, -0.05) is 29.3 Å². The highest BCUT2D eigenvalue weighted by Gasteiger charge is 2.11. The number of nitrogens with zero attached hydrogens (tertiary/aromatic N) is 1. The van der Waals surface area contributed by atoms with Crippen molar-refractivity contribution in [1.29, 1.82) is 0 Å². The van der Waals surface area contributed by atoms with E-state index >= 15 is 0 Å². The molecular weight excluding hydrogens is 348 g/mol. The van der Waals surface area contributed by atoms with E-state index in [0.29, 0.717) is 10.8 Å². The van der Waals surface area contributed by atoms with Gasteiger partial charge in [0.25, 0.3) is 10.0 Å². The normalized spacial score (nSPS) is 12.0. The van der Waals surface area contributed by atoms with E-state index in [1.807, 2.05) is 6.92 Å². The van der Waals surface area contributed by atoms with Gasteiger partial charge >= 0.3 is 0 Å². The van der Waals surface area contributed by atoms with E-state index in [1.54, 1.807) is 49.6 Å². The average molecular weight is 365 g/mol. The Morgan fingerprint density at radius 1 is 1.17 bits per heavy atom. The second-order valence-electron chi connectivity index (χ2n) is 4.93. The molecule has 0 saturated carbocycles. The van der Waals surface area contributed by atoms with E-state index in [0.717, 1.165) is 11.1 Å². The van der Waals surface area contributed by atoms with Crippen molar-refractivity contribution < 1.29 is 13.2 Å². The number of methoxy groups -OCH3 is 1. The molecule has 24 heavy (non-hydrogen) atoms. The molecule has 0 atom stereocenters. The van der Waals surface area contributed by atoms with Crippen LogP contribution in [0.3, 0.4) is 0 Å². The molecule has 7 heteroatoms. The van der Waals surface area contributed by atoms with E-state index < -0.39 is 10.0 Å². The van der Waals surface area contributed by atoms with Crippen molar-refractivity contribution in [2.24, 2.45) is 5.10 Å². The van der Waals surface area contributed by atoms with Crippen molar-refractivity contribution in [2.45, 2.75) is 11.8 Å². The van der Waals surface area contributed by atoms with Crippen molar-refractivity contribution in [3.63, 3.8) is 0 Å². The smallest absolute Gasteiger partial charge is 0.276 e. The fourth-order valence-corrected chi connectivity index (χ4v) is 2.88. The number of benzene rings is 2. The molecule has 0 aliphatic carbocycles. The van der Waals surface area contributed by atoms with Crippen LogP contribution in [0.15, 0.2) is 58.5 Å². The molecule has 126 valence electrons. The first kappa shape index (κ1) is 18.0. The molecular formula is C17H17ClN2O3S. The maximum Gasteiger partial charge on any atom is 0.276 e. The number of hydrogen-bond acceptors (Lipinski definition) is 4. The first-order chi connectivity index (χ1) is 11.4. The highest BCUT2D eigenvalue weighted by atomic mass is 35.5. The van der Waals surface area contributed by atoms with E-state index in [4.69, 9.17) is 16.3 Å². The number of allylic oxidation sites excluding steroid dienone is 1. The lowest BCUT2D eigenvalue weighted by Crippen LogP contribution is -2.17. The summed E-state index contributed by atoms with van der Waals surface area (Å²) in [5, 5.41) is 4.29. The van der Waals surface area contributed by atoms with Crippen LogP contribution in [0.2, 0.25) is 5.02 Å². The van der Waals surface area contributed by atoms with Crippen molar-refractivity contribution in [1.82, 2.24) is 4.83 Å². The number of rotatable bonds is 6. The first-order valence-electron chi connectivity index (χ1n) is 7.04. The van der Waals surface area contributed by atoms with Gasteiger partial charge in [0.1, 0.15) is 5.75 Å². The van der Waals surface area contributed by atoms with Gasteiger partial charge in [0, 0.05) is 16.8 Å². The molecule has 0 amide bonds. The number of ether oxygens (including phenoxy) is 1.